The summed E-state index contributed by atoms with van der Waals surface area (Å²) in [6.45, 7) is 4.50. The summed E-state index contributed by atoms with van der Waals surface area (Å²) in [7, 11) is 0. The molecule has 3 aliphatic heterocycles. The second-order valence-electron chi connectivity index (χ2n) is 9.15. The molecule has 1 aliphatic carbocycles. The number of piperazine rings is 1. The Morgan fingerprint density at radius 1 is 1.17 bits per heavy atom. The van der Waals surface area contributed by atoms with Crippen molar-refractivity contribution in [3.05, 3.63) is 36.3 Å². The van der Waals surface area contributed by atoms with Crippen molar-refractivity contribution in [2.75, 3.05) is 32.7 Å². The number of pyridine rings is 1. The summed E-state index contributed by atoms with van der Waals surface area (Å²) in [6, 6.07) is 6.08. The zero-order valence-electron chi connectivity index (χ0n) is 17.1. The Bertz CT molecular complexity index is 992. The third kappa shape index (κ3) is 2.88. The zero-order valence-corrected chi connectivity index (χ0v) is 17.1. The molecule has 2 aromatic rings. The molecule has 4 fully saturated rings. The van der Waals surface area contributed by atoms with Gasteiger partial charge in [-0.1, -0.05) is 6.07 Å². The molecule has 158 valence electrons. The van der Waals surface area contributed by atoms with E-state index in [0.29, 0.717) is 25.5 Å². The molecular formula is C22H27N5O3. The molecule has 1 saturated carbocycles. The highest BCUT2D eigenvalue weighted by Crippen LogP contribution is 2.41. The van der Waals surface area contributed by atoms with E-state index in [-0.39, 0.29) is 18.1 Å². The third-order valence-corrected chi connectivity index (χ3v) is 7.32. The summed E-state index contributed by atoms with van der Waals surface area (Å²) in [5.41, 5.74) is 1.65. The Kier molecular flexibility index (Phi) is 4.06. The number of hydrogen-bond donors (Lipinski definition) is 0. The van der Waals surface area contributed by atoms with Crippen LogP contribution in [0, 0.1) is 5.92 Å². The molecule has 30 heavy (non-hydrogen) atoms. The molecule has 4 aliphatic rings. The number of amides is 2. The van der Waals surface area contributed by atoms with Gasteiger partial charge in [-0.3, -0.25) is 14.6 Å². The van der Waals surface area contributed by atoms with Gasteiger partial charge in [-0.2, -0.15) is 0 Å². The van der Waals surface area contributed by atoms with Crippen LogP contribution < -0.4 is 0 Å². The van der Waals surface area contributed by atoms with Crippen LogP contribution in [0.25, 0.3) is 5.65 Å². The first-order chi connectivity index (χ1) is 14.6. The number of fused-ring (bicyclic) bond motifs is 3. The number of aromatic nitrogens is 2. The third-order valence-electron chi connectivity index (χ3n) is 7.32. The fourth-order valence-corrected chi connectivity index (χ4v) is 5.41. The summed E-state index contributed by atoms with van der Waals surface area (Å²) in [5.74, 6) is 0.543. The molecule has 0 aromatic carbocycles. The average Bonchev–Trinajstić information content (AvgIpc) is 3.50. The zero-order chi connectivity index (χ0) is 20.3. The highest BCUT2D eigenvalue weighted by molar-refractivity contribution is 5.81. The largest absolute Gasteiger partial charge is 0.440 e. The molecule has 1 unspecified atom stereocenters. The highest BCUT2D eigenvalue weighted by atomic mass is 16.6. The lowest BCUT2D eigenvalue weighted by molar-refractivity contribution is -0.137. The van der Waals surface area contributed by atoms with E-state index in [9.17, 15) is 9.59 Å². The van der Waals surface area contributed by atoms with Crippen LogP contribution in [0.15, 0.2) is 30.6 Å². The second kappa shape index (κ2) is 6.70. The molecule has 0 N–H and O–H groups in total. The van der Waals surface area contributed by atoms with Crippen LogP contribution in [-0.2, 0) is 16.1 Å². The fraction of sp³-hybridized carbons (Fsp3) is 0.591. The lowest BCUT2D eigenvalue weighted by Gasteiger charge is -2.45. The van der Waals surface area contributed by atoms with Crippen molar-refractivity contribution in [1.82, 2.24) is 24.1 Å². The maximum Gasteiger partial charge on any atom is 0.410 e. The Morgan fingerprint density at radius 3 is 2.80 bits per heavy atom. The second-order valence-corrected chi connectivity index (χ2v) is 9.15. The van der Waals surface area contributed by atoms with E-state index in [1.54, 1.807) is 0 Å². The predicted octanol–water partition coefficient (Wildman–Crippen LogP) is 1.74. The molecular weight excluding hydrogens is 382 g/mol. The number of hydrogen-bond acceptors (Lipinski definition) is 5. The Hall–Kier alpha value is -2.61. The molecule has 8 nitrogen and oxygen atoms in total. The van der Waals surface area contributed by atoms with Crippen LogP contribution in [0.3, 0.4) is 0 Å². The normalized spacial score (nSPS) is 26.3. The predicted molar refractivity (Wildman–Crippen MR) is 109 cm³/mol. The molecule has 1 spiro atoms. The van der Waals surface area contributed by atoms with E-state index in [4.69, 9.17) is 4.74 Å². The number of nitrogens with zero attached hydrogens (tertiary/aromatic N) is 5. The number of piperidine rings is 1. The minimum absolute atomic E-state index is 0.0520. The van der Waals surface area contributed by atoms with E-state index in [0.717, 1.165) is 56.7 Å². The van der Waals surface area contributed by atoms with Gasteiger partial charge in [0.05, 0.1) is 17.9 Å². The average molecular weight is 409 g/mol. The quantitative estimate of drug-likeness (QED) is 0.772. The number of likely N-dealkylation sites (tertiary alicyclic amines) is 1. The summed E-state index contributed by atoms with van der Waals surface area (Å²) >= 11 is 0. The van der Waals surface area contributed by atoms with Gasteiger partial charge in [-0.15, -0.1) is 0 Å². The van der Waals surface area contributed by atoms with Gasteiger partial charge in [-0.05, 0) is 25.0 Å². The summed E-state index contributed by atoms with van der Waals surface area (Å²) < 4.78 is 8.12. The van der Waals surface area contributed by atoms with Crippen LogP contribution in [0.5, 0.6) is 0 Å². The Labute approximate surface area is 175 Å². The Morgan fingerprint density at radius 2 is 2.00 bits per heavy atom. The molecule has 1 atom stereocenters. The first-order valence-corrected chi connectivity index (χ1v) is 11.0. The van der Waals surface area contributed by atoms with E-state index in [1.165, 1.54) is 0 Å². The molecule has 8 heteroatoms. The van der Waals surface area contributed by atoms with Crippen LogP contribution in [0.4, 0.5) is 4.79 Å². The van der Waals surface area contributed by atoms with Gasteiger partial charge in [-0.25, -0.2) is 9.78 Å². The molecule has 3 saturated heterocycles. The minimum atomic E-state index is -0.463. The van der Waals surface area contributed by atoms with Crippen molar-refractivity contribution in [3.63, 3.8) is 0 Å². The topological polar surface area (TPSA) is 70.4 Å². The van der Waals surface area contributed by atoms with Crippen molar-refractivity contribution in [2.45, 2.75) is 43.9 Å². The van der Waals surface area contributed by atoms with Crippen LogP contribution in [0.1, 0.15) is 31.4 Å². The Balaban J connectivity index is 1.18. The molecule has 2 aromatic heterocycles. The van der Waals surface area contributed by atoms with E-state index < -0.39 is 5.60 Å². The van der Waals surface area contributed by atoms with Gasteiger partial charge < -0.3 is 14.0 Å². The number of rotatable bonds is 3. The van der Waals surface area contributed by atoms with Gasteiger partial charge in [0.25, 0.3) is 0 Å². The molecule has 5 heterocycles. The lowest BCUT2D eigenvalue weighted by Crippen LogP contribution is -2.60. The number of carbonyl (C=O) groups excluding carboxylic acids is 2. The molecule has 0 radical (unpaired) electrons. The van der Waals surface area contributed by atoms with Crippen molar-refractivity contribution in [3.8, 4) is 0 Å². The fourth-order valence-electron chi connectivity index (χ4n) is 5.41. The summed E-state index contributed by atoms with van der Waals surface area (Å²) in [4.78, 5) is 35.9. The van der Waals surface area contributed by atoms with E-state index >= 15 is 0 Å². The van der Waals surface area contributed by atoms with Crippen molar-refractivity contribution < 1.29 is 14.3 Å². The van der Waals surface area contributed by atoms with Gasteiger partial charge in [0.1, 0.15) is 11.2 Å². The lowest BCUT2D eigenvalue weighted by atomic mass is 9.83. The van der Waals surface area contributed by atoms with Gasteiger partial charge >= 0.3 is 6.09 Å². The summed E-state index contributed by atoms with van der Waals surface area (Å²) in [6.07, 6.45) is 7.34. The maximum atomic E-state index is 12.6. The number of imidazole rings is 1. The van der Waals surface area contributed by atoms with E-state index in [2.05, 4.69) is 14.3 Å². The van der Waals surface area contributed by atoms with Gasteiger partial charge in [0, 0.05) is 64.2 Å². The number of ether oxygens (including phenoxy) is 1. The van der Waals surface area contributed by atoms with Gasteiger partial charge in [0.15, 0.2) is 0 Å². The van der Waals surface area contributed by atoms with Gasteiger partial charge in [0.2, 0.25) is 5.91 Å². The van der Waals surface area contributed by atoms with Crippen molar-refractivity contribution >= 4 is 17.6 Å². The first kappa shape index (κ1) is 18.2. The van der Waals surface area contributed by atoms with Crippen molar-refractivity contribution in [1.29, 1.82) is 0 Å². The SMILES string of the molecule is O=C(C1CC1)N1CCC2(CC1)OC(=O)N1CCN(Cc3cnc4ccccn34)CC12. The van der Waals surface area contributed by atoms with Crippen LogP contribution >= 0.6 is 0 Å². The number of carbonyl (C=O) groups is 2. The van der Waals surface area contributed by atoms with Crippen molar-refractivity contribution in [2.24, 2.45) is 5.92 Å². The maximum absolute atomic E-state index is 12.6. The highest BCUT2D eigenvalue weighted by Gasteiger charge is 2.57. The first-order valence-electron chi connectivity index (χ1n) is 11.0. The molecule has 6 rings (SSSR count). The molecule has 2 amide bonds. The monoisotopic (exact) mass is 409 g/mol. The standard InChI is InChI=1S/C22H27N5O3/c28-20(16-4-5-16)25-9-6-22(7-10-25)18-15-24(11-12-27(18)21(29)30-22)14-17-13-23-19-3-1-2-8-26(17)19/h1-3,8,13,16,18H,4-7,9-12,14-15H2. The summed E-state index contributed by atoms with van der Waals surface area (Å²) in [5, 5.41) is 0. The van der Waals surface area contributed by atoms with E-state index in [1.807, 2.05) is 40.4 Å². The minimum Gasteiger partial charge on any atom is -0.440 e. The van der Waals surface area contributed by atoms with Crippen LogP contribution in [0.2, 0.25) is 0 Å². The van der Waals surface area contributed by atoms with Crippen LogP contribution in [-0.4, -0.2) is 80.5 Å². The smallest absolute Gasteiger partial charge is 0.410 e. The molecule has 0 bridgehead atoms.